The molecule has 0 saturated carbocycles. The van der Waals surface area contributed by atoms with Crippen LogP contribution in [0.4, 0.5) is 4.39 Å². The van der Waals surface area contributed by atoms with Gasteiger partial charge in [-0.25, -0.2) is 9.37 Å². The van der Waals surface area contributed by atoms with E-state index in [9.17, 15) is 4.39 Å². The number of likely N-dealkylation sites (tertiary alicyclic amines) is 1. The number of pyridine rings is 2. The summed E-state index contributed by atoms with van der Waals surface area (Å²) in [5.74, 6) is 0.569. The van der Waals surface area contributed by atoms with E-state index in [2.05, 4.69) is 37.1 Å². The van der Waals surface area contributed by atoms with Crippen LogP contribution in [0, 0.1) is 5.82 Å². The average molecular weight is 375 g/mol. The molecule has 0 N–H and O–H groups in total. The van der Waals surface area contributed by atoms with Gasteiger partial charge in [0.2, 0.25) is 11.7 Å². The largest absolute Gasteiger partial charge is 0.337 e. The summed E-state index contributed by atoms with van der Waals surface area (Å²) in [6, 6.07) is 13.2. The Labute approximate surface area is 161 Å². The summed E-state index contributed by atoms with van der Waals surface area (Å²) < 4.78 is 18.6. The van der Waals surface area contributed by atoms with Crippen LogP contribution >= 0.6 is 0 Å². The molecule has 5 rings (SSSR count). The van der Waals surface area contributed by atoms with Gasteiger partial charge in [0.25, 0.3) is 0 Å². The van der Waals surface area contributed by atoms with E-state index in [-0.39, 0.29) is 6.04 Å². The Morgan fingerprint density at radius 1 is 1.11 bits per heavy atom. The lowest BCUT2D eigenvalue weighted by Crippen LogP contribution is -2.23. The SMILES string of the molecule is Fc1ccc(-c2noc([C@@H]3CCCN3Cc3cnc4ccccc4c3)n2)nc1. The molecule has 4 aromatic rings. The molecule has 28 heavy (non-hydrogen) atoms. The van der Waals surface area contributed by atoms with Crippen LogP contribution in [0.25, 0.3) is 22.4 Å². The van der Waals surface area contributed by atoms with Crippen molar-refractivity contribution in [1.29, 1.82) is 0 Å². The van der Waals surface area contributed by atoms with Crippen LogP contribution < -0.4 is 0 Å². The zero-order chi connectivity index (χ0) is 18.9. The standard InChI is InChI=1S/C21H18FN5O/c22-16-7-8-18(24-12-16)20-25-21(28-26-20)19-6-3-9-27(19)13-14-10-15-4-1-2-5-17(15)23-11-14/h1-2,4-5,7-8,10-12,19H,3,6,9,13H2/t19-/m0/s1. The number of hydrogen-bond donors (Lipinski definition) is 0. The van der Waals surface area contributed by atoms with Crippen LogP contribution in [-0.2, 0) is 6.54 Å². The second kappa shape index (κ2) is 7.09. The number of rotatable bonds is 4. The maximum absolute atomic E-state index is 13.1. The van der Waals surface area contributed by atoms with E-state index < -0.39 is 5.82 Å². The van der Waals surface area contributed by atoms with Gasteiger partial charge in [0.05, 0.1) is 17.8 Å². The van der Waals surface area contributed by atoms with Gasteiger partial charge in [-0.1, -0.05) is 23.4 Å². The topological polar surface area (TPSA) is 67.9 Å². The third-order valence-corrected chi connectivity index (χ3v) is 5.08. The van der Waals surface area contributed by atoms with E-state index in [1.807, 2.05) is 24.4 Å². The molecule has 6 nitrogen and oxygen atoms in total. The Balaban J connectivity index is 1.37. The van der Waals surface area contributed by atoms with Crippen molar-refractivity contribution in [2.24, 2.45) is 0 Å². The first kappa shape index (κ1) is 16.9. The van der Waals surface area contributed by atoms with E-state index in [0.717, 1.165) is 48.6 Å². The number of hydrogen-bond acceptors (Lipinski definition) is 6. The molecule has 0 unspecified atom stereocenters. The van der Waals surface area contributed by atoms with Crippen LogP contribution in [0.2, 0.25) is 0 Å². The van der Waals surface area contributed by atoms with Crippen molar-refractivity contribution in [3.63, 3.8) is 0 Å². The van der Waals surface area contributed by atoms with Gasteiger partial charge >= 0.3 is 0 Å². The summed E-state index contributed by atoms with van der Waals surface area (Å²) in [6.07, 6.45) is 5.11. The third-order valence-electron chi connectivity index (χ3n) is 5.08. The third kappa shape index (κ3) is 3.25. The second-order valence-corrected chi connectivity index (χ2v) is 6.98. The van der Waals surface area contributed by atoms with Gasteiger partial charge in [-0.05, 0) is 49.2 Å². The van der Waals surface area contributed by atoms with Crippen LogP contribution in [0.1, 0.15) is 30.3 Å². The van der Waals surface area contributed by atoms with Crippen LogP contribution in [0.3, 0.4) is 0 Å². The van der Waals surface area contributed by atoms with E-state index in [1.54, 1.807) is 6.07 Å². The smallest absolute Gasteiger partial charge is 0.244 e. The molecule has 1 aliphatic rings. The quantitative estimate of drug-likeness (QED) is 0.534. The molecule has 0 radical (unpaired) electrons. The van der Waals surface area contributed by atoms with E-state index in [0.29, 0.717) is 17.4 Å². The van der Waals surface area contributed by atoms with Crippen molar-refractivity contribution in [3.8, 4) is 11.5 Å². The van der Waals surface area contributed by atoms with E-state index >= 15 is 0 Å². The number of para-hydroxylation sites is 1. The molecule has 1 saturated heterocycles. The van der Waals surface area contributed by atoms with Crippen LogP contribution in [0.15, 0.2) is 59.4 Å². The molecule has 140 valence electrons. The highest BCUT2D eigenvalue weighted by Crippen LogP contribution is 2.33. The molecule has 0 bridgehead atoms. The van der Waals surface area contributed by atoms with Crippen LogP contribution in [0.5, 0.6) is 0 Å². The zero-order valence-electron chi connectivity index (χ0n) is 15.1. The Hall–Kier alpha value is -3.19. The summed E-state index contributed by atoms with van der Waals surface area (Å²) in [6.45, 7) is 1.74. The number of nitrogens with zero attached hydrogens (tertiary/aromatic N) is 5. The van der Waals surface area contributed by atoms with Gasteiger partial charge in [-0.3, -0.25) is 9.88 Å². The van der Waals surface area contributed by atoms with Gasteiger partial charge in [0, 0.05) is 18.1 Å². The average Bonchev–Trinajstić information content (AvgIpc) is 3.38. The highest BCUT2D eigenvalue weighted by atomic mass is 19.1. The lowest BCUT2D eigenvalue weighted by molar-refractivity contribution is 0.201. The Bertz CT molecular complexity index is 1110. The summed E-state index contributed by atoms with van der Waals surface area (Å²) >= 11 is 0. The molecule has 0 spiro atoms. The molecular weight excluding hydrogens is 357 g/mol. The first-order valence-electron chi connectivity index (χ1n) is 9.29. The highest BCUT2D eigenvalue weighted by Gasteiger charge is 2.31. The van der Waals surface area contributed by atoms with Gasteiger partial charge in [-0.2, -0.15) is 4.98 Å². The van der Waals surface area contributed by atoms with Crippen molar-refractivity contribution in [2.75, 3.05) is 6.54 Å². The Kier molecular flexibility index (Phi) is 4.29. The fraction of sp³-hybridized carbons (Fsp3) is 0.238. The highest BCUT2D eigenvalue weighted by molar-refractivity contribution is 5.78. The van der Waals surface area contributed by atoms with Crippen molar-refractivity contribution in [3.05, 3.63) is 72.1 Å². The Morgan fingerprint density at radius 2 is 2.04 bits per heavy atom. The molecular formula is C21H18FN5O. The van der Waals surface area contributed by atoms with Crippen molar-refractivity contribution < 1.29 is 8.91 Å². The number of fused-ring (bicyclic) bond motifs is 1. The molecule has 1 aliphatic heterocycles. The van der Waals surface area contributed by atoms with E-state index in [1.165, 1.54) is 6.07 Å². The number of aromatic nitrogens is 4. The maximum Gasteiger partial charge on any atom is 0.244 e. The number of benzene rings is 1. The maximum atomic E-state index is 13.1. The molecule has 3 aromatic heterocycles. The molecule has 1 fully saturated rings. The molecule has 0 amide bonds. The minimum atomic E-state index is -0.390. The van der Waals surface area contributed by atoms with Crippen molar-refractivity contribution >= 4 is 10.9 Å². The van der Waals surface area contributed by atoms with Gasteiger partial charge in [0.1, 0.15) is 11.5 Å². The molecule has 4 heterocycles. The van der Waals surface area contributed by atoms with E-state index in [4.69, 9.17) is 4.52 Å². The van der Waals surface area contributed by atoms with Gasteiger partial charge in [0.15, 0.2) is 0 Å². The minimum Gasteiger partial charge on any atom is -0.337 e. The number of halogens is 1. The lowest BCUT2D eigenvalue weighted by Gasteiger charge is -2.21. The monoisotopic (exact) mass is 375 g/mol. The molecule has 1 aromatic carbocycles. The summed E-state index contributed by atoms with van der Waals surface area (Å²) in [5.41, 5.74) is 2.66. The summed E-state index contributed by atoms with van der Waals surface area (Å²) in [5, 5.41) is 5.17. The van der Waals surface area contributed by atoms with Crippen LogP contribution in [-0.4, -0.2) is 31.6 Å². The predicted octanol–water partition coefficient (Wildman–Crippen LogP) is 4.16. The molecule has 0 aliphatic carbocycles. The fourth-order valence-corrected chi connectivity index (χ4v) is 3.72. The molecule has 7 heteroatoms. The normalized spacial score (nSPS) is 17.4. The fourth-order valence-electron chi connectivity index (χ4n) is 3.72. The summed E-state index contributed by atoms with van der Waals surface area (Å²) in [4.78, 5) is 15.4. The van der Waals surface area contributed by atoms with Gasteiger partial charge < -0.3 is 4.52 Å². The molecule has 1 atom stereocenters. The predicted molar refractivity (Wildman–Crippen MR) is 102 cm³/mol. The zero-order valence-corrected chi connectivity index (χ0v) is 15.1. The minimum absolute atomic E-state index is 0.0631. The summed E-state index contributed by atoms with van der Waals surface area (Å²) in [7, 11) is 0. The van der Waals surface area contributed by atoms with Gasteiger partial charge in [-0.15, -0.1) is 0 Å². The first-order chi connectivity index (χ1) is 13.8. The first-order valence-corrected chi connectivity index (χ1v) is 9.29. The lowest BCUT2D eigenvalue weighted by atomic mass is 10.1. The second-order valence-electron chi connectivity index (χ2n) is 6.98. The van der Waals surface area contributed by atoms with Crippen molar-refractivity contribution in [2.45, 2.75) is 25.4 Å². The Morgan fingerprint density at radius 3 is 2.93 bits per heavy atom. The van der Waals surface area contributed by atoms with Crippen molar-refractivity contribution in [1.82, 2.24) is 25.0 Å².